The third kappa shape index (κ3) is 2.73. The van der Waals surface area contributed by atoms with Crippen LogP contribution in [0.25, 0.3) is 0 Å². The number of rotatable bonds is 4. The molecule has 0 heterocycles. The van der Waals surface area contributed by atoms with E-state index in [4.69, 9.17) is 0 Å². The number of carbonyl (C=O) groups is 1. The Bertz CT molecular complexity index is 486. The lowest BCUT2D eigenvalue weighted by molar-refractivity contribution is -0.126. The standard InChI is InChI=1S/C19H25NO/c21-18(7-6-14-4-2-1-3-5-14)20-19-11-15-8-16(12-19)10-17(9-15)13-19/h1-5,15-17H,6-13H2,(H,20,21). The Morgan fingerprint density at radius 3 is 2.14 bits per heavy atom. The summed E-state index contributed by atoms with van der Waals surface area (Å²) in [6.45, 7) is 0. The Morgan fingerprint density at radius 1 is 1.00 bits per heavy atom. The average molecular weight is 283 g/mol. The fraction of sp³-hybridized carbons (Fsp3) is 0.632. The van der Waals surface area contributed by atoms with Gasteiger partial charge >= 0.3 is 0 Å². The first-order valence-corrected chi connectivity index (χ1v) is 8.56. The first-order chi connectivity index (χ1) is 10.2. The normalized spacial score (nSPS) is 36.7. The van der Waals surface area contributed by atoms with Crippen LogP contribution in [0.4, 0.5) is 0 Å². The van der Waals surface area contributed by atoms with Gasteiger partial charge < -0.3 is 5.32 Å². The minimum absolute atomic E-state index is 0.169. The Kier molecular flexibility index (Phi) is 3.28. The predicted molar refractivity (Wildman–Crippen MR) is 83.8 cm³/mol. The van der Waals surface area contributed by atoms with Crippen LogP contribution >= 0.6 is 0 Å². The molecule has 1 amide bonds. The maximum absolute atomic E-state index is 12.4. The van der Waals surface area contributed by atoms with Crippen LogP contribution in [0.15, 0.2) is 30.3 Å². The zero-order valence-corrected chi connectivity index (χ0v) is 12.7. The van der Waals surface area contributed by atoms with Gasteiger partial charge in [0.2, 0.25) is 5.91 Å². The first-order valence-electron chi connectivity index (χ1n) is 8.56. The fourth-order valence-electron chi connectivity index (χ4n) is 5.52. The van der Waals surface area contributed by atoms with Crippen molar-refractivity contribution in [1.29, 1.82) is 0 Å². The molecule has 2 nitrogen and oxygen atoms in total. The number of nitrogens with one attached hydrogen (secondary N) is 1. The lowest BCUT2D eigenvalue weighted by Crippen LogP contribution is -2.59. The summed E-state index contributed by atoms with van der Waals surface area (Å²) in [5, 5.41) is 3.46. The van der Waals surface area contributed by atoms with Gasteiger partial charge in [0.1, 0.15) is 0 Å². The van der Waals surface area contributed by atoms with Gasteiger partial charge in [-0.05, 0) is 68.3 Å². The molecule has 0 radical (unpaired) electrons. The highest BCUT2D eigenvalue weighted by atomic mass is 16.1. The van der Waals surface area contributed by atoms with E-state index in [1.807, 2.05) is 18.2 Å². The molecule has 2 heteroatoms. The molecule has 0 saturated heterocycles. The van der Waals surface area contributed by atoms with Gasteiger partial charge in [-0.25, -0.2) is 0 Å². The molecule has 4 saturated carbocycles. The van der Waals surface area contributed by atoms with E-state index in [9.17, 15) is 4.79 Å². The van der Waals surface area contributed by atoms with E-state index >= 15 is 0 Å². The van der Waals surface area contributed by atoms with Crippen LogP contribution in [0, 0.1) is 17.8 Å². The van der Waals surface area contributed by atoms with Gasteiger partial charge in [-0.2, -0.15) is 0 Å². The van der Waals surface area contributed by atoms with Crippen LogP contribution in [0.2, 0.25) is 0 Å². The molecule has 0 aliphatic heterocycles. The second kappa shape index (κ2) is 5.15. The minimum atomic E-state index is 0.169. The first kappa shape index (κ1) is 13.4. The van der Waals surface area contributed by atoms with E-state index in [1.165, 1.54) is 44.1 Å². The van der Waals surface area contributed by atoms with Crippen LogP contribution in [0.5, 0.6) is 0 Å². The molecule has 5 rings (SSSR count). The van der Waals surface area contributed by atoms with Crippen molar-refractivity contribution in [2.45, 2.75) is 56.9 Å². The number of hydrogen-bond acceptors (Lipinski definition) is 1. The number of aryl methyl sites for hydroxylation is 1. The molecule has 0 spiro atoms. The average Bonchev–Trinajstić information content (AvgIpc) is 2.44. The molecule has 1 aromatic rings. The summed E-state index contributed by atoms with van der Waals surface area (Å²) in [5.41, 5.74) is 1.43. The van der Waals surface area contributed by atoms with Gasteiger partial charge in [-0.3, -0.25) is 4.79 Å². The summed E-state index contributed by atoms with van der Waals surface area (Å²) in [6.07, 6.45) is 9.52. The molecule has 21 heavy (non-hydrogen) atoms. The quantitative estimate of drug-likeness (QED) is 0.897. The second-order valence-electron chi connectivity index (χ2n) is 7.73. The number of benzene rings is 1. The zero-order valence-electron chi connectivity index (χ0n) is 12.7. The molecule has 4 aliphatic carbocycles. The highest BCUT2D eigenvalue weighted by Gasteiger charge is 2.51. The highest BCUT2D eigenvalue weighted by Crippen LogP contribution is 2.55. The summed E-state index contributed by atoms with van der Waals surface area (Å²) in [4.78, 5) is 12.4. The molecule has 112 valence electrons. The minimum Gasteiger partial charge on any atom is -0.351 e. The van der Waals surface area contributed by atoms with Crippen LogP contribution in [0.1, 0.15) is 50.5 Å². The van der Waals surface area contributed by atoms with Crippen LogP contribution in [-0.4, -0.2) is 11.4 Å². The molecule has 0 unspecified atom stereocenters. The van der Waals surface area contributed by atoms with Gasteiger partial charge in [0.25, 0.3) is 0 Å². The van der Waals surface area contributed by atoms with E-state index in [2.05, 4.69) is 17.4 Å². The lowest BCUT2D eigenvalue weighted by Gasteiger charge is -2.56. The molecule has 4 fully saturated rings. The molecule has 4 bridgehead atoms. The second-order valence-corrected chi connectivity index (χ2v) is 7.73. The Hall–Kier alpha value is -1.31. The largest absolute Gasteiger partial charge is 0.351 e. The number of carbonyl (C=O) groups excluding carboxylic acids is 1. The SMILES string of the molecule is O=C(CCc1ccccc1)NC12CC3CC(CC(C3)C1)C2. The van der Waals surface area contributed by atoms with Crippen molar-refractivity contribution in [1.82, 2.24) is 5.32 Å². The molecular weight excluding hydrogens is 258 g/mol. The fourth-order valence-corrected chi connectivity index (χ4v) is 5.52. The Balaban J connectivity index is 1.36. The van der Waals surface area contributed by atoms with Crippen molar-refractivity contribution in [2.75, 3.05) is 0 Å². The Morgan fingerprint density at radius 2 is 1.57 bits per heavy atom. The molecule has 1 aromatic carbocycles. The number of hydrogen-bond donors (Lipinski definition) is 1. The summed E-state index contributed by atoms with van der Waals surface area (Å²) in [5.74, 6) is 2.95. The summed E-state index contributed by atoms with van der Waals surface area (Å²) < 4.78 is 0. The van der Waals surface area contributed by atoms with Crippen LogP contribution in [-0.2, 0) is 11.2 Å². The molecule has 1 N–H and O–H groups in total. The van der Waals surface area contributed by atoms with Crippen molar-refractivity contribution >= 4 is 5.91 Å². The van der Waals surface area contributed by atoms with Crippen molar-refractivity contribution in [3.8, 4) is 0 Å². The van der Waals surface area contributed by atoms with Gasteiger partial charge in [-0.15, -0.1) is 0 Å². The molecule has 0 aromatic heterocycles. The van der Waals surface area contributed by atoms with Gasteiger partial charge in [0.15, 0.2) is 0 Å². The van der Waals surface area contributed by atoms with E-state index in [0.29, 0.717) is 6.42 Å². The molecule has 4 aliphatic rings. The van der Waals surface area contributed by atoms with E-state index < -0.39 is 0 Å². The maximum atomic E-state index is 12.4. The van der Waals surface area contributed by atoms with E-state index in [-0.39, 0.29) is 11.4 Å². The lowest BCUT2D eigenvalue weighted by atomic mass is 9.53. The number of amides is 1. The predicted octanol–water partition coefficient (Wildman–Crippen LogP) is 3.70. The summed E-state index contributed by atoms with van der Waals surface area (Å²) >= 11 is 0. The smallest absolute Gasteiger partial charge is 0.220 e. The monoisotopic (exact) mass is 283 g/mol. The Labute approximate surface area is 127 Å². The van der Waals surface area contributed by atoms with Crippen molar-refractivity contribution in [3.05, 3.63) is 35.9 Å². The summed E-state index contributed by atoms with van der Waals surface area (Å²) in [7, 11) is 0. The molecular formula is C19H25NO. The van der Waals surface area contributed by atoms with E-state index in [1.54, 1.807) is 0 Å². The van der Waals surface area contributed by atoms with Crippen molar-refractivity contribution in [2.24, 2.45) is 17.8 Å². The van der Waals surface area contributed by atoms with Crippen molar-refractivity contribution in [3.63, 3.8) is 0 Å². The van der Waals surface area contributed by atoms with Gasteiger partial charge in [0.05, 0.1) is 0 Å². The van der Waals surface area contributed by atoms with E-state index in [0.717, 1.165) is 24.2 Å². The topological polar surface area (TPSA) is 29.1 Å². The van der Waals surface area contributed by atoms with Crippen LogP contribution < -0.4 is 5.32 Å². The van der Waals surface area contributed by atoms with Gasteiger partial charge in [-0.1, -0.05) is 30.3 Å². The molecule has 0 atom stereocenters. The third-order valence-corrected chi connectivity index (χ3v) is 5.93. The van der Waals surface area contributed by atoms with Crippen LogP contribution in [0.3, 0.4) is 0 Å². The highest BCUT2D eigenvalue weighted by molar-refractivity contribution is 5.77. The van der Waals surface area contributed by atoms with Crippen molar-refractivity contribution < 1.29 is 4.79 Å². The van der Waals surface area contributed by atoms with Gasteiger partial charge in [0, 0.05) is 12.0 Å². The summed E-state index contributed by atoms with van der Waals surface area (Å²) in [6, 6.07) is 10.3. The maximum Gasteiger partial charge on any atom is 0.220 e. The zero-order chi connectivity index (χ0) is 14.3. The third-order valence-electron chi connectivity index (χ3n) is 5.93.